The molecule has 3 N–H and O–H groups in total. The van der Waals surface area contributed by atoms with Crippen LogP contribution in [0.5, 0.6) is 0 Å². The Morgan fingerprint density at radius 3 is 2.71 bits per heavy atom. The minimum Gasteiger partial charge on any atom is -0.376 e. The van der Waals surface area contributed by atoms with E-state index < -0.39 is 0 Å². The second kappa shape index (κ2) is 4.17. The normalized spacial score (nSPS) is 33.8. The molecule has 0 aromatic rings. The van der Waals surface area contributed by atoms with Crippen molar-refractivity contribution >= 4 is 5.96 Å². The number of guanidine groups is 1. The van der Waals surface area contributed by atoms with Crippen LogP contribution in [0.15, 0.2) is 4.99 Å². The van der Waals surface area contributed by atoms with E-state index in [0.29, 0.717) is 5.96 Å². The highest BCUT2D eigenvalue weighted by atomic mass is 16.5. The molecule has 4 heteroatoms. The highest BCUT2D eigenvalue weighted by Gasteiger charge is 2.37. The average Bonchev–Trinajstić information content (AvgIpc) is 2.29. The highest BCUT2D eigenvalue weighted by molar-refractivity contribution is 5.78. The highest BCUT2D eigenvalue weighted by Crippen LogP contribution is 2.24. The first-order valence-corrected chi connectivity index (χ1v) is 5.17. The van der Waals surface area contributed by atoms with Gasteiger partial charge in [0.05, 0.1) is 11.6 Å². The van der Waals surface area contributed by atoms with E-state index >= 15 is 0 Å². The van der Waals surface area contributed by atoms with E-state index in [1.165, 1.54) is 0 Å². The van der Waals surface area contributed by atoms with Crippen LogP contribution in [0.2, 0.25) is 0 Å². The van der Waals surface area contributed by atoms with Crippen molar-refractivity contribution in [1.82, 2.24) is 5.32 Å². The Balaban J connectivity index is 2.58. The number of aliphatic imine (C=N–C) groups is 1. The number of nitrogens with one attached hydrogen (secondary N) is 1. The van der Waals surface area contributed by atoms with Gasteiger partial charge in [-0.25, -0.2) is 0 Å². The quantitative estimate of drug-likeness (QED) is 0.512. The summed E-state index contributed by atoms with van der Waals surface area (Å²) >= 11 is 0. The molecule has 1 saturated heterocycles. The van der Waals surface area contributed by atoms with Crippen molar-refractivity contribution < 1.29 is 4.74 Å². The van der Waals surface area contributed by atoms with E-state index in [1.807, 2.05) is 13.8 Å². The van der Waals surface area contributed by atoms with Gasteiger partial charge in [0.25, 0.3) is 0 Å². The molecule has 2 unspecified atom stereocenters. The molecule has 14 heavy (non-hydrogen) atoms. The Morgan fingerprint density at radius 1 is 1.64 bits per heavy atom. The van der Waals surface area contributed by atoms with E-state index in [2.05, 4.69) is 24.2 Å². The third-order valence-electron chi connectivity index (χ3n) is 2.70. The van der Waals surface area contributed by atoms with Gasteiger partial charge in [0.2, 0.25) is 0 Å². The molecule has 1 rings (SSSR count). The van der Waals surface area contributed by atoms with Gasteiger partial charge < -0.3 is 15.8 Å². The number of hydrogen-bond donors (Lipinski definition) is 2. The lowest BCUT2D eigenvalue weighted by atomic mass is 9.95. The van der Waals surface area contributed by atoms with Crippen LogP contribution in [0.1, 0.15) is 34.1 Å². The summed E-state index contributed by atoms with van der Waals surface area (Å²) in [7, 11) is 0. The zero-order valence-electron chi connectivity index (χ0n) is 9.50. The van der Waals surface area contributed by atoms with Crippen molar-refractivity contribution in [2.24, 2.45) is 10.7 Å². The predicted octanol–water partition coefficient (Wildman–Crippen LogP) is 0.867. The molecule has 0 aromatic heterocycles. The van der Waals surface area contributed by atoms with Crippen LogP contribution in [0.4, 0.5) is 0 Å². The van der Waals surface area contributed by atoms with Crippen molar-refractivity contribution in [1.29, 1.82) is 0 Å². The number of nitrogens with zero attached hydrogens (tertiary/aromatic N) is 1. The van der Waals surface area contributed by atoms with E-state index in [4.69, 9.17) is 10.5 Å². The van der Waals surface area contributed by atoms with Crippen LogP contribution in [0.3, 0.4) is 0 Å². The number of ether oxygens (including phenoxy) is 1. The first kappa shape index (κ1) is 11.3. The van der Waals surface area contributed by atoms with Crippen molar-refractivity contribution in [3.63, 3.8) is 0 Å². The Kier molecular flexibility index (Phi) is 3.37. The van der Waals surface area contributed by atoms with Crippen LogP contribution in [0, 0.1) is 0 Å². The molecule has 1 fully saturated rings. The number of rotatable bonds is 2. The van der Waals surface area contributed by atoms with Gasteiger partial charge in [0.1, 0.15) is 0 Å². The lowest BCUT2D eigenvalue weighted by Gasteiger charge is -2.29. The zero-order chi connectivity index (χ0) is 10.8. The topological polar surface area (TPSA) is 59.6 Å². The molecule has 0 radical (unpaired) electrons. The zero-order valence-corrected chi connectivity index (χ0v) is 9.50. The van der Waals surface area contributed by atoms with Crippen molar-refractivity contribution in [2.75, 3.05) is 6.61 Å². The maximum atomic E-state index is 5.79. The van der Waals surface area contributed by atoms with E-state index in [1.54, 1.807) is 0 Å². The number of nitrogens with two attached hydrogens (primary N) is 1. The standard InChI is InChI=1S/C10H21N3O/c1-7(2)12-9(11)13-10(4)5-6-14-8(10)3/h7-8H,5-6H2,1-4H3,(H3,11,12,13). The molecule has 2 atom stereocenters. The Morgan fingerprint density at radius 2 is 2.29 bits per heavy atom. The molecule has 0 amide bonds. The summed E-state index contributed by atoms with van der Waals surface area (Å²) in [6.07, 6.45) is 1.16. The summed E-state index contributed by atoms with van der Waals surface area (Å²) in [5, 5.41) is 3.24. The molecule has 0 bridgehead atoms. The first-order valence-electron chi connectivity index (χ1n) is 5.17. The fourth-order valence-electron chi connectivity index (χ4n) is 1.60. The van der Waals surface area contributed by atoms with Crippen LogP contribution in [-0.2, 0) is 4.74 Å². The average molecular weight is 199 g/mol. The summed E-state index contributed by atoms with van der Waals surface area (Å²) in [6, 6.07) is 0.226. The minimum absolute atomic E-state index is 0.0670. The van der Waals surface area contributed by atoms with Crippen LogP contribution < -0.4 is 11.1 Å². The molecule has 0 saturated carbocycles. The fourth-order valence-corrected chi connectivity index (χ4v) is 1.60. The van der Waals surface area contributed by atoms with E-state index in [9.17, 15) is 0 Å². The smallest absolute Gasteiger partial charge is 0.189 e. The van der Waals surface area contributed by atoms with Gasteiger partial charge in [-0.05, 0) is 34.1 Å². The minimum atomic E-state index is -0.0670. The third-order valence-corrected chi connectivity index (χ3v) is 2.70. The van der Waals surface area contributed by atoms with Gasteiger partial charge in [-0.3, -0.25) is 4.99 Å². The van der Waals surface area contributed by atoms with Gasteiger partial charge in [-0.1, -0.05) is 0 Å². The first-order chi connectivity index (χ1) is 6.44. The van der Waals surface area contributed by atoms with Crippen LogP contribution >= 0.6 is 0 Å². The number of hydrogen-bond acceptors (Lipinski definition) is 2. The summed E-state index contributed by atoms with van der Waals surface area (Å²) < 4.78 is 5.50. The molecule has 0 spiro atoms. The Bertz CT molecular complexity index is 227. The SMILES string of the molecule is CC(C)N=C(N)NC1(C)CCOC1C. The van der Waals surface area contributed by atoms with Crippen LogP contribution in [-0.4, -0.2) is 30.3 Å². The molecule has 4 nitrogen and oxygen atoms in total. The summed E-state index contributed by atoms with van der Waals surface area (Å²) in [5.41, 5.74) is 5.72. The lowest BCUT2D eigenvalue weighted by molar-refractivity contribution is 0.0947. The van der Waals surface area contributed by atoms with Crippen molar-refractivity contribution in [2.45, 2.75) is 51.8 Å². The molecular formula is C10H21N3O. The molecule has 0 aromatic carbocycles. The molecule has 82 valence electrons. The van der Waals surface area contributed by atoms with Gasteiger partial charge in [-0.15, -0.1) is 0 Å². The molecular weight excluding hydrogens is 178 g/mol. The van der Waals surface area contributed by atoms with Gasteiger partial charge in [-0.2, -0.15) is 0 Å². The van der Waals surface area contributed by atoms with Crippen molar-refractivity contribution in [3.8, 4) is 0 Å². The largest absolute Gasteiger partial charge is 0.376 e. The van der Waals surface area contributed by atoms with Crippen LogP contribution in [0.25, 0.3) is 0 Å². The predicted molar refractivity (Wildman–Crippen MR) is 58.3 cm³/mol. The summed E-state index contributed by atoms with van der Waals surface area (Å²) in [4.78, 5) is 4.25. The van der Waals surface area contributed by atoms with Gasteiger partial charge in [0, 0.05) is 12.6 Å². The van der Waals surface area contributed by atoms with Gasteiger partial charge in [0.15, 0.2) is 5.96 Å². The second-order valence-corrected chi connectivity index (χ2v) is 4.41. The van der Waals surface area contributed by atoms with Gasteiger partial charge >= 0.3 is 0 Å². The molecule has 1 heterocycles. The second-order valence-electron chi connectivity index (χ2n) is 4.41. The molecule has 0 aliphatic carbocycles. The summed E-state index contributed by atoms with van der Waals surface area (Å²) in [5.74, 6) is 0.514. The van der Waals surface area contributed by atoms with E-state index in [-0.39, 0.29) is 17.7 Å². The van der Waals surface area contributed by atoms with E-state index in [0.717, 1.165) is 13.0 Å². The maximum Gasteiger partial charge on any atom is 0.189 e. The van der Waals surface area contributed by atoms with Crippen molar-refractivity contribution in [3.05, 3.63) is 0 Å². The molecule has 1 aliphatic heterocycles. The Labute approximate surface area is 85.9 Å². The Hall–Kier alpha value is -0.770. The lowest BCUT2D eigenvalue weighted by Crippen LogP contribution is -2.53. The summed E-state index contributed by atoms with van der Waals surface area (Å²) in [6.45, 7) is 8.98. The third kappa shape index (κ3) is 2.61. The monoisotopic (exact) mass is 199 g/mol. The fraction of sp³-hybridized carbons (Fsp3) is 0.900. The maximum absolute atomic E-state index is 5.79. The molecule has 1 aliphatic rings.